The number of carbonyl (C=O) groups is 2. The largest absolute Gasteiger partial charge is 0.378 e. The average Bonchev–Trinajstić information content (AvgIpc) is 3.27. The molecule has 1 aromatic carbocycles. The van der Waals surface area contributed by atoms with Crippen molar-refractivity contribution in [3.63, 3.8) is 0 Å². The Morgan fingerprint density at radius 1 is 1.13 bits per heavy atom. The quantitative estimate of drug-likeness (QED) is 0.229. The predicted molar refractivity (Wildman–Crippen MR) is 137 cm³/mol. The Kier molecular flexibility index (Phi) is 6.81. The number of carbonyl (C=O) groups excluding carboxylic acids is 2. The van der Waals surface area contributed by atoms with E-state index in [0.717, 1.165) is 0 Å². The number of nitrogens with one attached hydrogen (secondary N) is 1. The average molecular weight is 519 g/mol. The molecule has 14 heteroatoms. The summed E-state index contributed by atoms with van der Waals surface area (Å²) in [5.41, 5.74) is 9.48. The Labute approximate surface area is 217 Å². The zero-order chi connectivity index (χ0) is 26.8. The summed E-state index contributed by atoms with van der Waals surface area (Å²) in [5, 5.41) is 8.79. The molecule has 3 aromatic heterocycles. The van der Waals surface area contributed by atoms with Crippen molar-refractivity contribution in [3.8, 4) is 11.4 Å². The number of imidazole rings is 1. The standard InChI is InChI=1S/C24H26N10O4/c1-32(24-26-11-16(12-27-24)23(36)31-37)13-17-28-18-21(33(17)2)29-20(15-5-3-4-14(10-15)19(25)35)30-22(18)34-6-8-38-9-7-34/h3-5,10-12,37H,6-9,13H2,1-2H3,(H2,25,35)(H,31,36). The summed E-state index contributed by atoms with van der Waals surface area (Å²) >= 11 is 0. The molecule has 196 valence electrons. The van der Waals surface area contributed by atoms with Crippen LogP contribution in [0.2, 0.25) is 0 Å². The number of ether oxygens (including phenoxy) is 1. The Morgan fingerprint density at radius 3 is 2.55 bits per heavy atom. The first-order chi connectivity index (χ1) is 18.4. The normalized spacial score (nSPS) is 13.5. The van der Waals surface area contributed by atoms with Gasteiger partial charge in [0.2, 0.25) is 11.9 Å². The molecule has 5 rings (SSSR count). The van der Waals surface area contributed by atoms with Crippen molar-refractivity contribution in [2.45, 2.75) is 6.54 Å². The van der Waals surface area contributed by atoms with Crippen molar-refractivity contribution >= 4 is 34.7 Å². The van der Waals surface area contributed by atoms with Gasteiger partial charge >= 0.3 is 0 Å². The topological polar surface area (TPSA) is 178 Å². The van der Waals surface area contributed by atoms with Gasteiger partial charge in [-0.25, -0.2) is 30.4 Å². The van der Waals surface area contributed by atoms with Crippen LogP contribution >= 0.6 is 0 Å². The van der Waals surface area contributed by atoms with E-state index in [0.29, 0.717) is 78.6 Å². The molecule has 1 aliphatic heterocycles. The van der Waals surface area contributed by atoms with Gasteiger partial charge in [-0.05, 0) is 12.1 Å². The van der Waals surface area contributed by atoms with Crippen LogP contribution in [0.25, 0.3) is 22.6 Å². The lowest BCUT2D eigenvalue weighted by Gasteiger charge is -2.28. The molecule has 1 saturated heterocycles. The molecular formula is C24H26N10O4. The first-order valence-corrected chi connectivity index (χ1v) is 11.8. The zero-order valence-electron chi connectivity index (χ0n) is 20.8. The Balaban J connectivity index is 1.54. The number of amides is 2. The molecule has 14 nitrogen and oxygen atoms in total. The first-order valence-electron chi connectivity index (χ1n) is 11.8. The molecule has 4 heterocycles. The van der Waals surface area contributed by atoms with Gasteiger partial charge in [0.15, 0.2) is 22.8 Å². The van der Waals surface area contributed by atoms with Crippen LogP contribution in [-0.2, 0) is 18.3 Å². The molecule has 0 bridgehead atoms. The minimum atomic E-state index is -0.694. The summed E-state index contributed by atoms with van der Waals surface area (Å²) in [4.78, 5) is 50.2. The molecule has 1 fully saturated rings. The van der Waals surface area contributed by atoms with Crippen LogP contribution in [0.15, 0.2) is 36.7 Å². The van der Waals surface area contributed by atoms with Crippen molar-refractivity contribution in [3.05, 3.63) is 53.6 Å². The lowest BCUT2D eigenvalue weighted by Crippen LogP contribution is -2.37. The highest BCUT2D eigenvalue weighted by Gasteiger charge is 2.23. The number of hydrogen-bond donors (Lipinski definition) is 3. The maximum atomic E-state index is 11.8. The number of fused-ring (bicyclic) bond motifs is 1. The van der Waals surface area contributed by atoms with Crippen LogP contribution in [0.1, 0.15) is 26.5 Å². The second-order valence-electron chi connectivity index (χ2n) is 8.74. The third-order valence-corrected chi connectivity index (χ3v) is 6.23. The second kappa shape index (κ2) is 10.4. The van der Waals surface area contributed by atoms with Crippen LogP contribution in [-0.4, -0.2) is 79.9 Å². The molecule has 0 saturated carbocycles. The number of hydrogen-bond acceptors (Lipinski definition) is 11. The number of anilines is 2. The molecule has 4 aromatic rings. The van der Waals surface area contributed by atoms with Crippen molar-refractivity contribution in [1.29, 1.82) is 0 Å². The number of morpholine rings is 1. The summed E-state index contributed by atoms with van der Waals surface area (Å²) in [7, 11) is 3.67. The van der Waals surface area contributed by atoms with Gasteiger partial charge in [0.05, 0.1) is 25.3 Å². The van der Waals surface area contributed by atoms with E-state index in [-0.39, 0.29) is 5.56 Å². The van der Waals surface area contributed by atoms with Gasteiger partial charge in [0.25, 0.3) is 5.91 Å². The van der Waals surface area contributed by atoms with Crippen molar-refractivity contribution in [2.75, 3.05) is 43.2 Å². The van der Waals surface area contributed by atoms with Crippen LogP contribution in [0, 0.1) is 0 Å². The third kappa shape index (κ3) is 4.81. The highest BCUT2D eigenvalue weighted by Crippen LogP contribution is 2.29. The smallest absolute Gasteiger partial charge is 0.277 e. The first kappa shape index (κ1) is 25.0. The lowest BCUT2D eigenvalue weighted by atomic mass is 10.1. The molecule has 1 aliphatic rings. The Hall–Kier alpha value is -4.69. The number of benzene rings is 1. The van der Waals surface area contributed by atoms with E-state index in [2.05, 4.69) is 14.9 Å². The van der Waals surface area contributed by atoms with E-state index in [1.807, 2.05) is 17.7 Å². The summed E-state index contributed by atoms with van der Waals surface area (Å²) in [6, 6.07) is 6.90. The molecule has 0 unspecified atom stereocenters. The number of primary amides is 1. The third-order valence-electron chi connectivity index (χ3n) is 6.23. The molecule has 0 spiro atoms. The van der Waals surface area contributed by atoms with Crippen LogP contribution in [0.5, 0.6) is 0 Å². The van der Waals surface area contributed by atoms with Crippen molar-refractivity contribution in [1.82, 2.24) is 35.0 Å². The van der Waals surface area contributed by atoms with Gasteiger partial charge in [-0.15, -0.1) is 0 Å². The van der Waals surface area contributed by atoms with E-state index in [4.69, 9.17) is 30.6 Å². The maximum Gasteiger partial charge on any atom is 0.277 e. The predicted octanol–water partition coefficient (Wildman–Crippen LogP) is 0.511. The van der Waals surface area contributed by atoms with Crippen LogP contribution in [0.4, 0.5) is 11.8 Å². The van der Waals surface area contributed by atoms with Gasteiger partial charge in [-0.1, -0.05) is 12.1 Å². The van der Waals surface area contributed by atoms with E-state index in [9.17, 15) is 9.59 Å². The number of aromatic nitrogens is 6. The molecule has 38 heavy (non-hydrogen) atoms. The number of hydroxylamine groups is 1. The van der Waals surface area contributed by atoms with Gasteiger partial charge in [-0.3, -0.25) is 14.8 Å². The van der Waals surface area contributed by atoms with E-state index in [1.165, 1.54) is 12.4 Å². The Morgan fingerprint density at radius 2 is 1.87 bits per heavy atom. The van der Waals surface area contributed by atoms with Crippen LogP contribution in [0.3, 0.4) is 0 Å². The molecule has 0 radical (unpaired) electrons. The van der Waals surface area contributed by atoms with Crippen molar-refractivity contribution < 1.29 is 19.5 Å². The highest BCUT2D eigenvalue weighted by molar-refractivity contribution is 5.94. The summed E-state index contributed by atoms with van der Waals surface area (Å²) in [6.45, 7) is 2.79. The molecule has 0 aliphatic carbocycles. The van der Waals surface area contributed by atoms with Crippen LogP contribution < -0.4 is 21.0 Å². The van der Waals surface area contributed by atoms with Gasteiger partial charge in [0, 0.05) is 50.7 Å². The fourth-order valence-electron chi connectivity index (χ4n) is 4.15. The fourth-order valence-corrected chi connectivity index (χ4v) is 4.15. The number of rotatable bonds is 7. The maximum absolute atomic E-state index is 11.8. The summed E-state index contributed by atoms with van der Waals surface area (Å²) in [6.07, 6.45) is 2.65. The fraction of sp³-hybridized carbons (Fsp3) is 0.292. The number of aryl methyl sites for hydroxylation is 1. The second-order valence-corrected chi connectivity index (χ2v) is 8.74. The Bertz CT molecular complexity index is 1500. The minimum absolute atomic E-state index is 0.130. The SMILES string of the molecule is CN(Cc1nc2c(N3CCOCC3)nc(-c3cccc(C(N)=O)c3)nc2n1C)c1ncc(C(=O)NO)cn1. The number of nitrogens with zero attached hydrogens (tertiary/aromatic N) is 8. The summed E-state index contributed by atoms with van der Waals surface area (Å²) in [5.74, 6) is 0.967. The zero-order valence-corrected chi connectivity index (χ0v) is 20.8. The van der Waals surface area contributed by atoms with E-state index in [1.54, 1.807) is 35.6 Å². The molecular weight excluding hydrogens is 492 g/mol. The molecule has 4 N–H and O–H groups in total. The van der Waals surface area contributed by atoms with Gasteiger partial charge in [0.1, 0.15) is 5.82 Å². The highest BCUT2D eigenvalue weighted by atomic mass is 16.5. The van der Waals surface area contributed by atoms with E-state index < -0.39 is 11.8 Å². The molecule has 2 amide bonds. The summed E-state index contributed by atoms with van der Waals surface area (Å²) < 4.78 is 7.41. The molecule has 0 atom stereocenters. The monoisotopic (exact) mass is 518 g/mol. The lowest BCUT2D eigenvalue weighted by molar-refractivity contribution is 0.0705. The van der Waals surface area contributed by atoms with Crippen molar-refractivity contribution in [2.24, 2.45) is 12.8 Å². The minimum Gasteiger partial charge on any atom is -0.378 e. The van der Waals surface area contributed by atoms with E-state index >= 15 is 0 Å². The van der Waals surface area contributed by atoms with Gasteiger partial charge < -0.3 is 24.8 Å². The number of nitrogens with two attached hydrogens (primary N) is 1. The van der Waals surface area contributed by atoms with Gasteiger partial charge in [-0.2, -0.15) is 0 Å².